The van der Waals surface area contributed by atoms with Gasteiger partial charge >= 0.3 is 5.97 Å². The number of hydrogen-bond acceptors (Lipinski definition) is 3. The van der Waals surface area contributed by atoms with Gasteiger partial charge in [-0.1, -0.05) is 6.07 Å². The molecule has 92 valence electrons. The van der Waals surface area contributed by atoms with Crippen LogP contribution in [0.25, 0.3) is 5.69 Å². The van der Waals surface area contributed by atoms with Crippen molar-refractivity contribution in [2.45, 2.75) is 0 Å². The molecule has 0 atom stereocenters. The molecule has 1 aromatic heterocycles. The van der Waals surface area contributed by atoms with Gasteiger partial charge in [0, 0.05) is 6.20 Å². The largest absolute Gasteiger partial charge is 0.478 e. The molecule has 0 unspecified atom stereocenters. The van der Waals surface area contributed by atoms with Gasteiger partial charge in [0.25, 0.3) is 5.91 Å². The predicted octanol–water partition coefficient (Wildman–Crippen LogP) is 0.808. The van der Waals surface area contributed by atoms with Gasteiger partial charge in [0.2, 0.25) is 0 Å². The topological polar surface area (TPSA) is 98.2 Å². The summed E-state index contributed by atoms with van der Waals surface area (Å²) in [5, 5.41) is 12.7. The van der Waals surface area contributed by atoms with E-state index in [0.29, 0.717) is 0 Å². The minimum absolute atomic E-state index is 0.0231. The average molecular weight is 249 g/mol. The van der Waals surface area contributed by atoms with Crippen LogP contribution in [0.15, 0.2) is 30.5 Å². The van der Waals surface area contributed by atoms with Crippen LogP contribution in [0.4, 0.5) is 4.39 Å². The van der Waals surface area contributed by atoms with E-state index in [9.17, 15) is 14.0 Å². The lowest BCUT2D eigenvalue weighted by molar-refractivity contribution is 0.0691. The van der Waals surface area contributed by atoms with E-state index < -0.39 is 23.3 Å². The molecular weight excluding hydrogens is 241 g/mol. The van der Waals surface area contributed by atoms with Crippen LogP contribution in [0.3, 0.4) is 0 Å². The first-order valence-electron chi connectivity index (χ1n) is 4.88. The molecular formula is C11H8FN3O3. The van der Waals surface area contributed by atoms with Gasteiger partial charge in [-0.15, -0.1) is 0 Å². The molecule has 0 aliphatic carbocycles. The third kappa shape index (κ3) is 1.93. The first-order valence-corrected chi connectivity index (χ1v) is 4.88. The normalized spacial score (nSPS) is 10.3. The molecule has 18 heavy (non-hydrogen) atoms. The molecule has 1 amide bonds. The van der Waals surface area contributed by atoms with Crippen molar-refractivity contribution in [1.82, 2.24) is 9.78 Å². The fourth-order valence-electron chi connectivity index (χ4n) is 1.50. The fourth-order valence-corrected chi connectivity index (χ4v) is 1.50. The van der Waals surface area contributed by atoms with Crippen LogP contribution in [-0.4, -0.2) is 26.8 Å². The Morgan fingerprint density at radius 1 is 1.33 bits per heavy atom. The van der Waals surface area contributed by atoms with Gasteiger partial charge in [0.1, 0.15) is 17.1 Å². The van der Waals surface area contributed by atoms with Crippen molar-refractivity contribution in [3.05, 3.63) is 47.5 Å². The second-order valence-electron chi connectivity index (χ2n) is 3.45. The highest BCUT2D eigenvalue weighted by molar-refractivity contribution is 5.93. The number of amides is 1. The number of carboxylic acid groups (broad SMARTS) is 1. The van der Waals surface area contributed by atoms with E-state index in [1.807, 2.05) is 0 Å². The Labute approximate surface area is 100 Å². The van der Waals surface area contributed by atoms with Gasteiger partial charge in [-0.25, -0.2) is 13.9 Å². The number of carboxylic acids is 1. The minimum Gasteiger partial charge on any atom is -0.478 e. The average Bonchev–Trinajstić information content (AvgIpc) is 2.77. The van der Waals surface area contributed by atoms with Gasteiger partial charge in [-0.05, 0) is 18.2 Å². The molecule has 1 heterocycles. The smallest absolute Gasteiger partial charge is 0.340 e. The van der Waals surface area contributed by atoms with Gasteiger partial charge in [0.05, 0.1) is 5.69 Å². The summed E-state index contributed by atoms with van der Waals surface area (Å²) in [4.78, 5) is 21.9. The molecule has 2 rings (SSSR count). The van der Waals surface area contributed by atoms with Crippen molar-refractivity contribution in [3.8, 4) is 5.69 Å². The molecule has 0 bridgehead atoms. The Balaban J connectivity index is 2.59. The third-order valence-corrected chi connectivity index (χ3v) is 2.29. The van der Waals surface area contributed by atoms with E-state index in [2.05, 4.69) is 5.10 Å². The van der Waals surface area contributed by atoms with Gasteiger partial charge < -0.3 is 10.8 Å². The van der Waals surface area contributed by atoms with Crippen molar-refractivity contribution < 1.29 is 19.1 Å². The summed E-state index contributed by atoms with van der Waals surface area (Å²) in [5.41, 5.74) is 4.50. The van der Waals surface area contributed by atoms with Crippen LogP contribution in [0.5, 0.6) is 0 Å². The molecule has 0 saturated heterocycles. The number of nitrogens with two attached hydrogens (primary N) is 1. The summed E-state index contributed by atoms with van der Waals surface area (Å²) in [6.07, 6.45) is 1.33. The molecule has 0 aliphatic rings. The molecule has 6 nitrogen and oxygen atoms in total. The van der Waals surface area contributed by atoms with E-state index in [1.54, 1.807) is 0 Å². The summed E-state index contributed by atoms with van der Waals surface area (Å²) >= 11 is 0. The van der Waals surface area contributed by atoms with Gasteiger partial charge in [-0.3, -0.25) is 4.79 Å². The second-order valence-corrected chi connectivity index (χ2v) is 3.45. The summed E-state index contributed by atoms with van der Waals surface area (Å²) < 4.78 is 14.5. The van der Waals surface area contributed by atoms with Crippen LogP contribution >= 0.6 is 0 Å². The van der Waals surface area contributed by atoms with E-state index in [0.717, 1.165) is 10.7 Å². The Morgan fingerprint density at radius 2 is 2.06 bits per heavy atom. The van der Waals surface area contributed by atoms with Crippen LogP contribution < -0.4 is 5.73 Å². The first kappa shape index (κ1) is 11.8. The van der Waals surface area contributed by atoms with Crippen LogP contribution in [0.2, 0.25) is 0 Å². The number of primary amides is 1. The van der Waals surface area contributed by atoms with Crippen LogP contribution in [0.1, 0.15) is 20.8 Å². The van der Waals surface area contributed by atoms with Gasteiger partial charge in [-0.2, -0.15) is 5.10 Å². The number of aromatic carboxylic acids is 1. The molecule has 0 spiro atoms. The predicted molar refractivity (Wildman–Crippen MR) is 59.0 cm³/mol. The highest BCUT2D eigenvalue weighted by Gasteiger charge is 2.18. The Kier molecular flexibility index (Phi) is 2.80. The zero-order chi connectivity index (χ0) is 13.3. The number of hydrogen-bond donors (Lipinski definition) is 2. The maximum absolute atomic E-state index is 13.4. The Bertz CT molecular complexity index is 636. The van der Waals surface area contributed by atoms with Crippen molar-refractivity contribution in [1.29, 1.82) is 0 Å². The SMILES string of the molecule is NC(=O)c1ccn(-c2cccc(F)c2C(=O)O)n1. The quantitative estimate of drug-likeness (QED) is 0.840. The summed E-state index contributed by atoms with van der Waals surface area (Å²) in [5.74, 6) is -3.04. The second kappa shape index (κ2) is 4.28. The maximum atomic E-state index is 13.4. The van der Waals surface area contributed by atoms with E-state index >= 15 is 0 Å². The number of aromatic nitrogens is 2. The van der Waals surface area contributed by atoms with Crippen LogP contribution in [0, 0.1) is 5.82 Å². The lowest BCUT2D eigenvalue weighted by atomic mass is 10.1. The third-order valence-electron chi connectivity index (χ3n) is 2.29. The van der Waals surface area contributed by atoms with Crippen molar-refractivity contribution >= 4 is 11.9 Å². The van der Waals surface area contributed by atoms with Crippen LogP contribution in [-0.2, 0) is 0 Å². The molecule has 0 aliphatic heterocycles. The number of nitrogens with zero attached hydrogens (tertiary/aromatic N) is 2. The monoisotopic (exact) mass is 249 g/mol. The number of halogens is 1. The molecule has 0 saturated carbocycles. The van der Waals surface area contributed by atoms with Crippen molar-refractivity contribution in [2.24, 2.45) is 5.73 Å². The number of carbonyl (C=O) groups is 2. The Hall–Kier alpha value is -2.70. The maximum Gasteiger partial charge on any atom is 0.340 e. The summed E-state index contributed by atoms with van der Waals surface area (Å²) in [7, 11) is 0. The number of rotatable bonds is 3. The van der Waals surface area contributed by atoms with Crippen molar-refractivity contribution in [3.63, 3.8) is 0 Å². The zero-order valence-corrected chi connectivity index (χ0v) is 9.00. The highest BCUT2D eigenvalue weighted by Crippen LogP contribution is 2.17. The first-order chi connectivity index (χ1) is 8.50. The molecule has 2 aromatic rings. The van der Waals surface area contributed by atoms with E-state index in [1.165, 1.54) is 24.4 Å². The molecule has 0 radical (unpaired) electrons. The minimum atomic E-state index is -1.42. The molecule has 0 fully saturated rings. The Morgan fingerprint density at radius 3 is 2.61 bits per heavy atom. The number of benzene rings is 1. The summed E-state index contributed by atoms with van der Waals surface area (Å²) in [6, 6.07) is 5.08. The zero-order valence-electron chi connectivity index (χ0n) is 9.00. The number of carbonyl (C=O) groups excluding carboxylic acids is 1. The lowest BCUT2D eigenvalue weighted by Crippen LogP contribution is -2.13. The molecule has 1 aromatic carbocycles. The fraction of sp³-hybridized carbons (Fsp3) is 0. The van der Waals surface area contributed by atoms with Crippen molar-refractivity contribution in [2.75, 3.05) is 0 Å². The molecule has 3 N–H and O–H groups in total. The molecule has 7 heteroatoms. The van der Waals surface area contributed by atoms with Gasteiger partial charge in [0.15, 0.2) is 0 Å². The summed E-state index contributed by atoms with van der Waals surface area (Å²) in [6.45, 7) is 0. The lowest BCUT2D eigenvalue weighted by Gasteiger charge is -2.06. The highest BCUT2D eigenvalue weighted by atomic mass is 19.1. The standard InChI is InChI=1S/C11H8FN3O3/c12-6-2-1-3-8(9(6)11(17)18)15-5-4-7(14-15)10(13)16/h1-5H,(H2,13,16)(H,17,18). The van der Waals surface area contributed by atoms with E-state index in [-0.39, 0.29) is 11.4 Å². The van der Waals surface area contributed by atoms with E-state index in [4.69, 9.17) is 10.8 Å².